The highest BCUT2D eigenvalue weighted by Crippen LogP contribution is 2.17. The first kappa shape index (κ1) is 22.2. The van der Waals surface area contributed by atoms with E-state index in [0.717, 1.165) is 0 Å². The molecule has 10 heteroatoms. The summed E-state index contributed by atoms with van der Waals surface area (Å²) in [6.45, 7) is 1.49. The second-order valence-corrected chi connectivity index (χ2v) is 9.32. The van der Waals surface area contributed by atoms with E-state index >= 15 is 0 Å². The highest BCUT2D eigenvalue weighted by atomic mass is 35.5. The Morgan fingerprint density at radius 3 is 2.50 bits per heavy atom. The van der Waals surface area contributed by atoms with Crippen LogP contribution in [0.4, 0.5) is 0 Å². The van der Waals surface area contributed by atoms with Gasteiger partial charge in [-0.15, -0.1) is 0 Å². The van der Waals surface area contributed by atoms with E-state index in [0.29, 0.717) is 17.0 Å². The maximum absolute atomic E-state index is 12.3. The van der Waals surface area contributed by atoms with Crippen LogP contribution in [-0.2, 0) is 24.2 Å². The molecule has 0 aliphatic carbocycles. The van der Waals surface area contributed by atoms with Crippen molar-refractivity contribution in [3.63, 3.8) is 0 Å². The SMILES string of the molecule is CC(OC(=O)CCNC(=O)c1ccc(Cl)cc1)C(=O)N(C)C1CCS(=O)(=O)C1. The molecule has 1 fully saturated rings. The third-order valence-corrected chi connectivity index (χ3v) is 6.48. The summed E-state index contributed by atoms with van der Waals surface area (Å²) in [4.78, 5) is 37.5. The van der Waals surface area contributed by atoms with E-state index in [1.54, 1.807) is 24.3 Å². The Balaban J connectivity index is 1.75. The van der Waals surface area contributed by atoms with Crippen molar-refractivity contribution < 1.29 is 27.5 Å². The van der Waals surface area contributed by atoms with E-state index in [-0.39, 0.29) is 30.4 Å². The average Bonchev–Trinajstić information content (AvgIpc) is 3.00. The lowest BCUT2D eigenvalue weighted by molar-refractivity contribution is -0.159. The van der Waals surface area contributed by atoms with Crippen LogP contribution < -0.4 is 5.32 Å². The summed E-state index contributed by atoms with van der Waals surface area (Å²) in [6, 6.07) is 5.90. The summed E-state index contributed by atoms with van der Waals surface area (Å²) in [7, 11) is -1.61. The Kier molecular flexibility index (Phi) is 7.42. The average molecular weight is 431 g/mol. The van der Waals surface area contributed by atoms with Crippen LogP contribution in [0, 0.1) is 0 Å². The predicted octanol–water partition coefficient (Wildman–Crippen LogP) is 1.04. The Morgan fingerprint density at radius 2 is 1.93 bits per heavy atom. The molecule has 1 saturated heterocycles. The van der Waals surface area contributed by atoms with Crippen LogP contribution in [0.25, 0.3) is 0 Å². The highest BCUT2D eigenvalue weighted by Gasteiger charge is 2.34. The summed E-state index contributed by atoms with van der Waals surface area (Å²) >= 11 is 5.76. The first-order valence-electron chi connectivity index (χ1n) is 8.79. The van der Waals surface area contributed by atoms with Gasteiger partial charge in [-0.1, -0.05) is 11.6 Å². The van der Waals surface area contributed by atoms with E-state index < -0.39 is 33.9 Å². The number of hydrogen-bond donors (Lipinski definition) is 1. The topological polar surface area (TPSA) is 110 Å². The molecule has 1 aromatic carbocycles. The molecule has 8 nitrogen and oxygen atoms in total. The van der Waals surface area contributed by atoms with Crippen molar-refractivity contribution in [2.75, 3.05) is 25.1 Å². The molecular formula is C18H23ClN2O6S. The van der Waals surface area contributed by atoms with Gasteiger partial charge in [0.15, 0.2) is 15.9 Å². The van der Waals surface area contributed by atoms with Gasteiger partial charge in [-0.3, -0.25) is 14.4 Å². The fraction of sp³-hybridized carbons (Fsp3) is 0.500. The number of likely N-dealkylation sites (N-methyl/N-ethyl adjacent to an activating group) is 1. The summed E-state index contributed by atoms with van der Waals surface area (Å²) in [5, 5.41) is 3.10. The van der Waals surface area contributed by atoms with Crippen molar-refractivity contribution >= 4 is 39.2 Å². The number of carbonyl (C=O) groups excluding carboxylic acids is 3. The molecule has 28 heavy (non-hydrogen) atoms. The minimum atomic E-state index is -3.12. The number of amides is 2. The zero-order chi connectivity index (χ0) is 20.9. The minimum Gasteiger partial charge on any atom is -0.452 e. The largest absolute Gasteiger partial charge is 0.452 e. The van der Waals surface area contributed by atoms with Crippen molar-refractivity contribution in [3.05, 3.63) is 34.9 Å². The Hall–Kier alpha value is -2.13. The highest BCUT2D eigenvalue weighted by molar-refractivity contribution is 7.91. The standard InChI is InChI=1S/C18H23ClN2O6S/c1-12(18(24)21(2)15-8-10-28(25,26)11-15)27-16(22)7-9-20-17(23)13-3-5-14(19)6-4-13/h3-6,12,15H,7-11H2,1-2H3,(H,20,23). The zero-order valence-electron chi connectivity index (χ0n) is 15.7. The van der Waals surface area contributed by atoms with Gasteiger partial charge >= 0.3 is 5.97 Å². The van der Waals surface area contributed by atoms with Gasteiger partial charge in [-0.25, -0.2) is 8.42 Å². The van der Waals surface area contributed by atoms with Gasteiger partial charge in [0.1, 0.15) is 0 Å². The second kappa shape index (κ2) is 9.38. The summed E-state index contributed by atoms with van der Waals surface area (Å²) in [6.07, 6.45) is -0.756. The molecule has 154 valence electrons. The smallest absolute Gasteiger partial charge is 0.308 e. The number of hydrogen-bond acceptors (Lipinski definition) is 6. The fourth-order valence-electron chi connectivity index (χ4n) is 2.84. The molecule has 0 bridgehead atoms. The van der Waals surface area contributed by atoms with Gasteiger partial charge in [0.2, 0.25) is 0 Å². The number of nitrogens with one attached hydrogen (secondary N) is 1. The van der Waals surface area contributed by atoms with Gasteiger partial charge in [0.05, 0.1) is 17.9 Å². The maximum atomic E-state index is 12.3. The molecular weight excluding hydrogens is 408 g/mol. The molecule has 1 aromatic rings. The molecule has 0 saturated carbocycles. The number of ether oxygens (including phenoxy) is 1. The summed E-state index contributed by atoms with van der Waals surface area (Å²) in [5.74, 6) is -1.47. The number of nitrogens with zero attached hydrogens (tertiary/aromatic N) is 1. The lowest BCUT2D eigenvalue weighted by Gasteiger charge is -2.26. The van der Waals surface area contributed by atoms with Gasteiger partial charge < -0.3 is 15.0 Å². The number of esters is 1. The molecule has 1 aliphatic rings. The summed E-state index contributed by atoms with van der Waals surface area (Å²) in [5.41, 5.74) is 0.412. The van der Waals surface area contributed by atoms with Crippen LogP contribution in [-0.4, -0.2) is 68.3 Å². The van der Waals surface area contributed by atoms with Gasteiger partial charge in [0.25, 0.3) is 11.8 Å². The van der Waals surface area contributed by atoms with E-state index in [1.165, 1.54) is 18.9 Å². The minimum absolute atomic E-state index is 0.0524. The van der Waals surface area contributed by atoms with Gasteiger partial charge in [0, 0.05) is 30.2 Å². The lowest BCUT2D eigenvalue weighted by atomic mass is 10.2. The fourth-order valence-corrected chi connectivity index (χ4v) is 4.74. The first-order valence-corrected chi connectivity index (χ1v) is 11.0. The van der Waals surface area contributed by atoms with Crippen molar-refractivity contribution in [1.82, 2.24) is 10.2 Å². The van der Waals surface area contributed by atoms with Crippen LogP contribution in [0.3, 0.4) is 0 Å². The monoisotopic (exact) mass is 430 g/mol. The predicted molar refractivity (Wildman–Crippen MR) is 104 cm³/mol. The van der Waals surface area contributed by atoms with Crippen LogP contribution in [0.2, 0.25) is 5.02 Å². The van der Waals surface area contributed by atoms with Crippen LogP contribution in [0.15, 0.2) is 24.3 Å². The molecule has 1 aliphatic heterocycles. The quantitative estimate of drug-likeness (QED) is 0.647. The Morgan fingerprint density at radius 1 is 1.29 bits per heavy atom. The molecule has 0 spiro atoms. The molecule has 0 aromatic heterocycles. The van der Waals surface area contributed by atoms with E-state index in [4.69, 9.17) is 16.3 Å². The van der Waals surface area contributed by atoms with E-state index in [2.05, 4.69) is 5.32 Å². The maximum Gasteiger partial charge on any atom is 0.308 e. The molecule has 2 amide bonds. The van der Waals surface area contributed by atoms with Gasteiger partial charge in [-0.2, -0.15) is 0 Å². The number of sulfone groups is 1. The molecule has 1 N–H and O–H groups in total. The molecule has 2 rings (SSSR count). The van der Waals surface area contributed by atoms with Crippen molar-refractivity contribution in [2.45, 2.75) is 31.9 Å². The number of benzene rings is 1. The third kappa shape index (κ3) is 6.20. The van der Waals surface area contributed by atoms with Crippen molar-refractivity contribution in [2.24, 2.45) is 0 Å². The number of carbonyl (C=O) groups is 3. The normalized spacial score (nSPS) is 18.9. The zero-order valence-corrected chi connectivity index (χ0v) is 17.3. The van der Waals surface area contributed by atoms with Crippen molar-refractivity contribution in [1.29, 1.82) is 0 Å². The van der Waals surface area contributed by atoms with Crippen LogP contribution in [0.1, 0.15) is 30.1 Å². The Bertz CT molecular complexity index is 840. The van der Waals surface area contributed by atoms with E-state index in [1.807, 2.05) is 0 Å². The molecule has 2 atom stereocenters. The molecule has 0 radical (unpaired) electrons. The van der Waals surface area contributed by atoms with Crippen LogP contribution in [0.5, 0.6) is 0 Å². The van der Waals surface area contributed by atoms with Crippen molar-refractivity contribution in [3.8, 4) is 0 Å². The Labute approximate surface area is 169 Å². The number of rotatable bonds is 7. The second-order valence-electron chi connectivity index (χ2n) is 6.65. The molecule has 1 heterocycles. The first-order chi connectivity index (χ1) is 13.1. The van der Waals surface area contributed by atoms with E-state index in [9.17, 15) is 22.8 Å². The summed E-state index contributed by atoms with van der Waals surface area (Å²) < 4.78 is 28.2. The lowest BCUT2D eigenvalue weighted by Crippen LogP contribution is -2.44. The van der Waals surface area contributed by atoms with Crippen LogP contribution >= 0.6 is 11.6 Å². The third-order valence-electron chi connectivity index (χ3n) is 4.48. The van der Waals surface area contributed by atoms with Gasteiger partial charge in [-0.05, 0) is 37.6 Å². The number of halogens is 1. The molecule has 2 unspecified atom stereocenters.